The summed E-state index contributed by atoms with van der Waals surface area (Å²) in [6, 6.07) is 11.3. The van der Waals surface area contributed by atoms with E-state index in [1.807, 2.05) is 12.1 Å². The Kier molecular flexibility index (Phi) is 5.63. The molecule has 0 atom stereocenters. The van der Waals surface area contributed by atoms with Crippen LogP contribution in [0.3, 0.4) is 0 Å². The second kappa shape index (κ2) is 8.29. The van der Waals surface area contributed by atoms with E-state index in [1.54, 1.807) is 24.4 Å². The van der Waals surface area contributed by atoms with Crippen molar-refractivity contribution in [3.05, 3.63) is 48.3 Å². The lowest BCUT2D eigenvalue weighted by atomic mass is 10.1. The highest BCUT2D eigenvalue weighted by Gasteiger charge is 2.16. The van der Waals surface area contributed by atoms with Crippen LogP contribution in [0, 0.1) is 11.3 Å². The molecule has 1 aromatic carbocycles. The van der Waals surface area contributed by atoms with Crippen LogP contribution in [0.25, 0.3) is 11.1 Å². The second-order valence-electron chi connectivity index (χ2n) is 6.32. The average Bonchev–Trinajstić information content (AvgIpc) is 2.90. The number of nitriles is 1. The van der Waals surface area contributed by atoms with Crippen molar-refractivity contribution >= 4 is 6.09 Å². The fourth-order valence-electron chi connectivity index (χ4n) is 3.12. The van der Waals surface area contributed by atoms with Crippen LogP contribution >= 0.6 is 0 Å². The summed E-state index contributed by atoms with van der Waals surface area (Å²) in [6.45, 7) is 0. The molecule has 1 amide bonds. The molecular formula is C20H21N3O2. The van der Waals surface area contributed by atoms with Crippen molar-refractivity contribution in [1.29, 1.82) is 5.26 Å². The quantitative estimate of drug-likeness (QED) is 0.842. The van der Waals surface area contributed by atoms with Crippen LogP contribution in [0.2, 0.25) is 0 Å². The minimum Gasteiger partial charge on any atom is -0.410 e. The third kappa shape index (κ3) is 4.80. The van der Waals surface area contributed by atoms with Crippen LogP contribution in [0.4, 0.5) is 4.79 Å². The van der Waals surface area contributed by atoms with Crippen molar-refractivity contribution in [2.24, 2.45) is 0 Å². The fraction of sp³-hybridized carbons (Fsp3) is 0.350. The number of amides is 1. The van der Waals surface area contributed by atoms with Crippen molar-refractivity contribution in [3.8, 4) is 22.9 Å². The molecule has 1 aromatic heterocycles. The molecule has 0 spiro atoms. The number of carbonyl (C=O) groups excluding carboxylic acids is 1. The number of aromatic nitrogens is 1. The fourth-order valence-corrected chi connectivity index (χ4v) is 3.12. The van der Waals surface area contributed by atoms with Gasteiger partial charge >= 0.3 is 6.09 Å². The highest BCUT2D eigenvalue weighted by atomic mass is 16.6. The first kappa shape index (κ1) is 17.0. The molecule has 25 heavy (non-hydrogen) atoms. The summed E-state index contributed by atoms with van der Waals surface area (Å²) in [4.78, 5) is 16.2. The number of carbonyl (C=O) groups is 1. The lowest BCUT2D eigenvalue weighted by Gasteiger charge is -2.16. The highest BCUT2D eigenvalue weighted by molar-refractivity contribution is 5.72. The smallest absolute Gasteiger partial charge is 0.410 e. The maximum atomic E-state index is 12.2. The van der Waals surface area contributed by atoms with E-state index in [2.05, 4.69) is 16.4 Å². The van der Waals surface area contributed by atoms with Crippen molar-refractivity contribution in [2.75, 3.05) is 0 Å². The Morgan fingerprint density at radius 3 is 2.68 bits per heavy atom. The van der Waals surface area contributed by atoms with E-state index in [9.17, 15) is 4.79 Å². The van der Waals surface area contributed by atoms with E-state index in [4.69, 9.17) is 10.00 Å². The molecule has 0 saturated heterocycles. The third-order valence-electron chi connectivity index (χ3n) is 4.42. The number of hydrogen-bond donors (Lipinski definition) is 1. The lowest BCUT2D eigenvalue weighted by Crippen LogP contribution is -2.36. The van der Waals surface area contributed by atoms with Gasteiger partial charge in [-0.3, -0.25) is 4.98 Å². The van der Waals surface area contributed by atoms with E-state index in [1.165, 1.54) is 19.0 Å². The van der Waals surface area contributed by atoms with Gasteiger partial charge in [0.05, 0.1) is 5.56 Å². The molecule has 1 saturated carbocycles. The van der Waals surface area contributed by atoms with Crippen LogP contribution < -0.4 is 10.1 Å². The Hall–Kier alpha value is -2.87. The first-order chi connectivity index (χ1) is 12.2. The van der Waals surface area contributed by atoms with E-state index >= 15 is 0 Å². The zero-order valence-corrected chi connectivity index (χ0v) is 14.1. The van der Waals surface area contributed by atoms with Crippen molar-refractivity contribution < 1.29 is 9.53 Å². The van der Waals surface area contributed by atoms with Gasteiger partial charge < -0.3 is 10.1 Å². The van der Waals surface area contributed by atoms with Gasteiger partial charge in [-0.1, -0.05) is 37.8 Å². The predicted octanol–water partition coefficient (Wildman–Crippen LogP) is 4.43. The Balaban J connectivity index is 1.66. The molecule has 0 aliphatic heterocycles. The number of ether oxygens (including phenoxy) is 1. The molecule has 5 nitrogen and oxygen atoms in total. The van der Waals surface area contributed by atoms with Gasteiger partial charge in [-0.15, -0.1) is 0 Å². The number of hydrogen-bond acceptors (Lipinski definition) is 4. The van der Waals surface area contributed by atoms with Gasteiger partial charge in [0.25, 0.3) is 0 Å². The first-order valence-corrected chi connectivity index (χ1v) is 8.68. The maximum absolute atomic E-state index is 12.2. The Labute approximate surface area is 147 Å². The Bertz CT molecular complexity index is 775. The zero-order valence-electron chi connectivity index (χ0n) is 14.1. The molecule has 1 heterocycles. The molecular weight excluding hydrogens is 314 g/mol. The largest absolute Gasteiger partial charge is 0.412 e. The van der Waals surface area contributed by atoms with Gasteiger partial charge in [-0.2, -0.15) is 5.26 Å². The monoisotopic (exact) mass is 335 g/mol. The molecule has 2 aromatic rings. The zero-order chi connectivity index (χ0) is 17.5. The molecule has 1 aliphatic rings. The van der Waals surface area contributed by atoms with E-state index < -0.39 is 6.09 Å². The molecule has 1 N–H and O–H groups in total. The van der Waals surface area contributed by atoms with Crippen LogP contribution in [0.5, 0.6) is 5.75 Å². The normalized spacial score (nSPS) is 15.0. The average molecular weight is 335 g/mol. The molecule has 5 heteroatoms. The Morgan fingerprint density at radius 2 is 1.92 bits per heavy atom. The topological polar surface area (TPSA) is 75.0 Å². The predicted molar refractivity (Wildman–Crippen MR) is 95.0 cm³/mol. The number of rotatable bonds is 3. The van der Waals surface area contributed by atoms with Crippen molar-refractivity contribution in [2.45, 2.75) is 44.6 Å². The molecule has 0 unspecified atom stereocenters. The van der Waals surface area contributed by atoms with Gasteiger partial charge in [0, 0.05) is 24.0 Å². The van der Waals surface area contributed by atoms with Crippen LogP contribution in [-0.4, -0.2) is 17.1 Å². The van der Waals surface area contributed by atoms with Gasteiger partial charge in [0.15, 0.2) is 0 Å². The number of benzene rings is 1. The standard InChI is InChI=1S/C20H21N3O2/c21-12-15-10-17(14-22-13-15)16-6-5-9-19(11-16)25-20(24)23-18-7-3-1-2-4-8-18/h5-6,9-11,13-14,18H,1-4,7-8H2,(H,23,24). The minimum absolute atomic E-state index is 0.203. The van der Waals surface area contributed by atoms with Gasteiger partial charge in [-0.05, 0) is 36.6 Å². The van der Waals surface area contributed by atoms with Crippen LogP contribution in [-0.2, 0) is 0 Å². The first-order valence-electron chi connectivity index (χ1n) is 8.68. The van der Waals surface area contributed by atoms with Gasteiger partial charge in [-0.25, -0.2) is 4.79 Å². The van der Waals surface area contributed by atoms with Crippen molar-refractivity contribution in [1.82, 2.24) is 10.3 Å². The molecule has 1 fully saturated rings. The molecule has 0 bridgehead atoms. The molecule has 1 aliphatic carbocycles. The summed E-state index contributed by atoms with van der Waals surface area (Å²) in [5, 5.41) is 12.0. The lowest BCUT2D eigenvalue weighted by molar-refractivity contribution is 0.194. The molecule has 3 rings (SSSR count). The minimum atomic E-state index is -0.409. The SMILES string of the molecule is N#Cc1cncc(-c2cccc(OC(=O)NC3CCCCCC3)c2)c1. The van der Waals surface area contributed by atoms with Crippen LogP contribution in [0.1, 0.15) is 44.1 Å². The van der Waals surface area contributed by atoms with E-state index in [-0.39, 0.29) is 6.04 Å². The summed E-state index contributed by atoms with van der Waals surface area (Å²) in [5.74, 6) is 0.478. The molecule has 128 valence electrons. The maximum Gasteiger partial charge on any atom is 0.412 e. The summed E-state index contributed by atoms with van der Waals surface area (Å²) in [5.41, 5.74) is 2.16. The van der Waals surface area contributed by atoms with Crippen molar-refractivity contribution in [3.63, 3.8) is 0 Å². The van der Waals surface area contributed by atoms with E-state index in [0.29, 0.717) is 11.3 Å². The highest BCUT2D eigenvalue weighted by Crippen LogP contribution is 2.24. The second-order valence-corrected chi connectivity index (χ2v) is 6.32. The summed E-state index contributed by atoms with van der Waals surface area (Å²) in [7, 11) is 0. The summed E-state index contributed by atoms with van der Waals surface area (Å²) < 4.78 is 5.44. The van der Waals surface area contributed by atoms with Gasteiger partial charge in [0.1, 0.15) is 11.8 Å². The van der Waals surface area contributed by atoms with Gasteiger partial charge in [0.2, 0.25) is 0 Å². The Morgan fingerprint density at radius 1 is 1.12 bits per heavy atom. The number of nitrogens with one attached hydrogen (secondary N) is 1. The number of nitrogens with zero attached hydrogens (tertiary/aromatic N) is 2. The summed E-state index contributed by atoms with van der Waals surface area (Å²) in [6.07, 6.45) is 9.62. The number of pyridine rings is 1. The summed E-state index contributed by atoms with van der Waals surface area (Å²) >= 11 is 0. The van der Waals surface area contributed by atoms with Crippen LogP contribution in [0.15, 0.2) is 42.7 Å². The molecule has 0 radical (unpaired) electrons. The third-order valence-corrected chi connectivity index (χ3v) is 4.42. The van der Waals surface area contributed by atoms with E-state index in [0.717, 1.165) is 36.8 Å².